The second kappa shape index (κ2) is 9.99. The summed E-state index contributed by atoms with van der Waals surface area (Å²) in [5.41, 5.74) is 4.59. The molecule has 0 heterocycles. The maximum Gasteiger partial charge on any atom is 0.148 e. The van der Waals surface area contributed by atoms with E-state index in [0.717, 1.165) is 37.3 Å². The number of nitrogens with one attached hydrogen (secondary N) is 1. The van der Waals surface area contributed by atoms with E-state index in [2.05, 4.69) is 80.5 Å². The summed E-state index contributed by atoms with van der Waals surface area (Å²) in [5.74, 6) is 1.69. The third-order valence-corrected chi connectivity index (χ3v) is 5.40. The number of aryl methyl sites for hydroxylation is 1. The first kappa shape index (κ1) is 20.7. The summed E-state index contributed by atoms with van der Waals surface area (Å²) in [5, 5.41) is 3.43. The Morgan fingerprint density at radius 2 is 1.46 bits per heavy atom. The maximum absolute atomic E-state index is 6.02. The average molecular weight is 505 g/mol. The highest BCUT2D eigenvalue weighted by atomic mass is 79.9. The van der Waals surface area contributed by atoms with Gasteiger partial charge >= 0.3 is 0 Å². The Labute approximate surface area is 183 Å². The van der Waals surface area contributed by atoms with Crippen molar-refractivity contribution in [1.29, 1.82) is 0 Å². The quantitative estimate of drug-likeness (QED) is 0.354. The Hall–Kier alpha value is -1.98. The molecule has 0 aliphatic heterocycles. The Morgan fingerprint density at radius 3 is 2.07 bits per heavy atom. The second-order valence-electron chi connectivity index (χ2n) is 6.47. The minimum Gasteiger partial charge on any atom is -0.494 e. The first-order valence-electron chi connectivity index (χ1n) is 9.18. The Bertz CT molecular complexity index is 886. The lowest BCUT2D eigenvalue weighted by molar-refractivity contribution is 0.302. The molecule has 3 aromatic carbocycles. The van der Waals surface area contributed by atoms with E-state index in [1.807, 2.05) is 31.2 Å². The molecule has 3 nitrogen and oxygen atoms in total. The zero-order valence-electron chi connectivity index (χ0n) is 16.0. The Kier molecular flexibility index (Phi) is 7.40. The first-order chi connectivity index (χ1) is 13.5. The van der Waals surface area contributed by atoms with E-state index >= 15 is 0 Å². The number of halogens is 2. The van der Waals surface area contributed by atoms with Gasteiger partial charge in [-0.05, 0) is 93.2 Å². The fourth-order valence-corrected chi connectivity index (χ4v) is 4.24. The molecule has 0 aliphatic carbocycles. The van der Waals surface area contributed by atoms with Gasteiger partial charge in [0.1, 0.15) is 18.1 Å². The molecule has 0 bridgehead atoms. The topological polar surface area (TPSA) is 30.5 Å². The maximum atomic E-state index is 6.02. The molecule has 0 spiro atoms. The highest BCUT2D eigenvalue weighted by Crippen LogP contribution is 2.35. The third kappa shape index (κ3) is 5.76. The number of anilines is 1. The summed E-state index contributed by atoms with van der Waals surface area (Å²) in [4.78, 5) is 0. The van der Waals surface area contributed by atoms with Gasteiger partial charge in [0, 0.05) is 12.2 Å². The predicted octanol–water partition coefficient (Wildman–Crippen LogP) is 7.11. The molecule has 0 saturated heterocycles. The Morgan fingerprint density at radius 1 is 0.821 bits per heavy atom. The molecule has 0 amide bonds. The molecule has 146 valence electrons. The first-order valence-corrected chi connectivity index (χ1v) is 10.8. The van der Waals surface area contributed by atoms with Crippen LogP contribution < -0.4 is 14.8 Å². The normalized spacial score (nSPS) is 10.6. The number of hydrogen-bond acceptors (Lipinski definition) is 3. The molecule has 5 heteroatoms. The van der Waals surface area contributed by atoms with Crippen LogP contribution in [0.4, 0.5) is 5.69 Å². The predicted molar refractivity (Wildman–Crippen MR) is 122 cm³/mol. The van der Waals surface area contributed by atoms with Crippen LogP contribution in [0.1, 0.15) is 23.6 Å². The van der Waals surface area contributed by atoms with Crippen LogP contribution in [0.3, 0.4) is 0 Å². The molecule has 0 fully saturated rings. The largest absolute Gasteiger partial charge is 0.494 e. The van der Waals surface area contributed by atoms with E-state index in [1.54, 1.807) is 0 Å². The van der Waals surface area contributed by atoms with Gasteiger partial charge in [-0.3, -0.25) is 0 Å². The smallest absolute Gasteiger partial charge is 0.148 e. The van der Waals surface area contributed by atoms with E-state index in [0.29, 0.717) is 19.8 Å². The number of hydrogen-bond donors (Lipinski definition) is 1. The van der Waals surface area contributed by atoms with Gasteiger partial charge in [-0.2, -0.15) is 0 Å². The van der Waals surface area contributed by atoms with Crippen LogP contribution in [-0.2, 0) is 13.2 Å². The molecule has 3 aromatic rings. The van der Waals surface area contributed by atoms with Crippen LogP contribution in [0.25, 0.3) is 0 Å². The highest BCUT2D eigenvalue weighted by Gasteiger charge is 2.10. The molecule has 28 heavy (non-hydrogen) atoms. The monoisotopic (exact) mass is 503 g/mol. The number of rotatable bonds is 8. The third-order valence-electron chi connectivity index (χ3n) is 4.22. The van der Waals surface area contributed by atoms with Crippen LogP contribution in [0.2, 0.25) is 0 Å². The molecule has 0 aliphatic rings. The van der Waals surface area contributed by atoms with Crippen LogP contribution in [0.15, 0.2) is 69.6 Å². The van der Waals surface area contributed by atoms with Gasteiger partial charge in [0.15, 0.2) is 0 Å². The number of benzene rings is 3. The molecule has 0 unspecified atom stereocenters. The van der Waals surface area contributed by atoms with Gasteiger partial charge in [-0.1, -0.05) is 29.8 Å². The second-order valence-corrected chi connectivity index (χ2v) is 8.18. The van der Waals surface area contributed by atoms with E-state index in [4.69, 9.17) is 9.47 Å². The summed E-state index contributed by atoms with van der Waals surface area (Å²) in [6.07, 6.45) is 0. The van der Waals surface area contributed by atoms with Crippen LogP contribution in [-0.4, -0.2) is 6.61 Å². The number of ether oxygens (including phenoxy) is 2. The minimum atomic E-state index is 0.529. The van der Waals surface area contributed by atoms with Crippen molar-refractivity contribution >= 4 is 37.5 Å². The lowest BCUT2D eigenvalue weighted by atomic mass is 10.2. The lowest BCUT2D eigenvalue weighted by Crippen LogP contribution is -2.02. The SMILES string of the molecule is CCOc1ccc(NCc2cc(Br)c(OCc3ccc(C)cc3)c(Br)c2)cc1. The average Bonchev–Trinajstić information content (AvgIpc) is 2.68. The van der Waals surface area contributed by atoms with E-state index in [1.165, 1.54) is 5.56 Å². The van der Waals surface area contributed by atoms with Gasteiger partial charge in [-0.25, -0.2) is 0 Å². The van der Waals surface area contributed by atoms with Gasteiger partial charge in [0.2, 0.25) is 0 Å². The summed E-state index contributed by atoms with van der Waals surface area (Å²) in [7, 11) is 0. The standard InChI is InChI=1S/C23H23Br2NO2/c1-3-27-20-10-8-19(9-11-20)26-14-18-12-21(24)23(22(25)13-18)28-15-17-6-4-16(2)5-7-17/h4-13,26H,3,14-15H2,1-2H3. The van der Waals surface area contributed by atoms with Gasteiger partial charge in [0.05, 0.1) is 15.6 Å². The van der Waals surface area contributed by atoms with E-state index < -0.39 is 0 Å². The van der Waals surface area contributed by atoms with Crippen LogP contribution in [0.5, 0.6) is 11.5 Å². The summed E-state index contributed by atoms with van der Waals surface area (Å²) in [6, 6.07) is 20.5. The van der Waals surface area contributed by atoms with Crippen molar-refractivity contribution in [2.24, 2.45) is 0 Å². The Balaban J connectivity index is 1.61. The summed E-state index contributed by atoms with van der Waals surface area (Å²) in [6.45, 7) is 5.98. The molecule has 0 saturated carbocycles. The summed E-state index contributed by atoms with van der Waals surface area (Å²) < 4.78 is 13.4. The fraction of sp³-hybridized carbons (Fsp3) is 0.217. The fourth-order valence-electron chi connectivity index (χ4n) is 2.73. The van der Waals surface area contributed by atoms with Crippen LogP contribution in [0, 0.1) is 6.92 Å². The van der Waals surface area contributed by atoms with Crippen molar-refractivity contribution in [3.05, 3.63) is 86.3 Å². The molecule has 3 rings (SSSR count). The van der Waals surface area contributed by atoms with Crippen molar-refractivity contribution in [3.8, 4) is 11.5 Å². The van der Waals surface area contributed by atoms with Gasteiger partial charge < -0.3 is 14.8 Å². The highest BCUT2D eigenvalue weighted by molar-refractivity contribution is 9.11. The van der Waals surface area contributed by atoms with Crippen LogP contribution >= 0.6 is 31.9 Å². The molecule has 0 radical (unpaired) electrons. The van der Waals surface area contributed by atoms with Gasteiger partial charge in [0.25, 0.3) is 0 Å². The zero-order valence-corrected chi connectivity index (χ0v) is 19.1. The lowest BCUT2D eigenvalue weighted by Gasteiger charge is -2.14. The zero-order chi connectivity index (χ0) is 19.9. The molecule has 0 atom stereocenters. The molecule has 0 aromatic heterocycles. The summed E-state index contributed by atoms with van der Waals surface area (Å²) >= 11 is 7.27. The van der Waals surface area contributed by atoms with Crippen molar-refractivity contribution in [2.45, 2.75) is 27.0 Å². The van der Waals surface area contributed by atoms with E-state index in [9.17, 15) is 0 Å². The van der Waals surface area contributed by atoms with Crippen molar-refractivity contribution in [3.63, 3.8) is 0 Å². The van der Waals surface area contributed by atoms with Crippen molar-refractivity contribution < 1.29 is 9.47 Å². The van der Waals surface area contributed by atoms with E-state index in [-0.39, 0.29) is 0 Å². The van der Waals surface area contributed by atoms with Crippen molar-refractivity contribution in [2.75, 3.05) is 11.9 Å². The molecule has 1 N–H and O–H groups in total. The molecular formula is C23H23Br2NO2. The minimum absolute atomic E-state index is 0.529. The molecular weight excluding hydrogens is 482 g/mol. The van der Waals surface area contributed by atoms with Crippen molar-refractivity contribution in [1.82, 2.24) is 0 Å². The van der Waals surface area contributed by atoms with Gasteiger partial charge in [-0.15, -0.1) is 0 Å².